The number of ether oxygens (including phenoxy) is 1. The van der Waals surface area contributed by atoms with Crippen molar-refractivity contribution in [3.8, 4) is 11.9 Å². The lowest BCUT2D eigenvalue weighted by molar-refractivity contribution is -0.137. The van der Waals surface area contributed by atoms with Crippen LogP contribution >= 0.6 is 23.5 Å². The van der Waals surface area contributed by atoms with Gasteiger partial charge >= 0.3 is 12.8 Å². The van der Waals surface area contributed by atoms with Gasteiger partial charge in [-0.1, -0.05) is 17.8 Å². The molecule has 152 valence electrons. The number of hydrazone groups is 1. The van der Waals surface area contributed by atoms with E-state index in [1.54, 1.807) is 13.1 Å². The standard InChI is InChI=1S/C16H10F5N5OS2/c1-26-11-5-12(27-14(17)18)23-24-13(11)29-15(25-26)28-7-8-2-3-10(16(19,20)21)4-9(8)6-22/h2-5,14H,7H2,1H3. The smallest absolute Gasteiger partial charge is 0.415 e. The van der Waals surface area contributed by atoms with Gasteiger partial charge in [0, 0.05) is 18.9 Å². The lowest BCUT2D eigenvalue weighted by Crippen LogP contribution is -2.17. The normalized spacial score (nSPS) is 13.7. The minimum atomic E-state index is -4.53. The van der Waals surface area contributed by atoms with Crippen LogP contribution in [0.2, 0.25) is 0 Å². The first-order valence-corrected chi connectivity index (χ1v) is 9.53. The number of benzene rings is 1. The Bertz CT molecular complexity index is 993. The van der Waals surface area contributed by atoms with Crippen LogP contribution in [0.15, 0.2) is 34.4 Å². The number of nitrogens with zero attached hydrogens (tertiary/aromatic N) is 5. The summed E-state index contributed by atoms with van der Waals surface area (Å²) < 4.78 is 67.7. The van der Waals surface area contributed by atoms with E-state index in [9.17, 15) is 22.0 Å². The predicted octanol–water partition coefficient (Wildman–Crippen LogP) is 4.71. The van der Waals surface area contributed by atoms with Gasteiger partial charge in [-0.15, -0.1) is 10.2 Å². The van der Waals surface area contributed by atoms with Crippen LogP contribution in [0.1, 0.15) is 16.7 Å². The van der Waals surface area contributed by atoms with Crippen LogP contribution in [-0.2, 0) is 11.9 Å². The minimum absolute atomic E-state index is 0.0731. The number of nitriles is 1. The van der Waals surface area contributed by atoms with E-state index < -0.39 is 18.4 Å². The van der Waals surface area contributed by atoms with Gasteiger partial charge in [0.2, 0.25) is 5.88 Å². The van der Waals surface area contributed by atoms with Crippen LogP contribution in [0.5, 0.6) is 5.88 Å². The maximum Gasteiger partial charge on any atom is 0.416 e. The van der Waals surface area contributed by atoms with E-state index >= 15 is 0 Å². The van der Waals surface area contributed by atoms with Gasteiger partial charge in [0.25, 0.3) is 0 Å². The Labute approximate surface area is 169 Å². The zero-order valence-electron chi connectivity index (χ0n) is 14.4. The second-order valence-electron chi connectivity index (χ2n) is 5.51. The molecule has 1 aromatic heterocycles. The zero-order valence-corrected chi connectivity index (χ0v) is 16.1. The summed E-state index contributed by atoms with van der Waals surface area (Å²) in [7, 11) is 1.58. The van der Waals surface area contributed by atoms with Crippen molar-refractivity contribution in [2.75, 3.05) is 12.1 Å². The zero-order chi connectivity index (χ0) is 21.2. The largest absolute Gasteiger partial charge is 0.416 e. The quantitative estimate of drug-likeness (QED) is 0.628. The fourth-order valence-corrected chi connectivity index (χ4v) is 4.33. The molecule has 3 rings (SSSR count). The first-order chi connectivity index (χ1) is 13.7. The van der Waals surface area contributed by atoms with Gasteiger partial charge in [-0.2, -0.15) is 32.3 Å². The fraction of sp³-hybridized carbons (Fsp3) is 0.250. The van der Waals surface area contributed by atoms with E-state index in [-0.39, 0.29) is 17.2 Å². The number of fused-ring (bicyclic) bond motifs is 1. The summed E-state index contributed by atoms with van der Waals surface area (Å²) in [5.74, 6) is -0.142. The highest BCUT2D eigenvalue weighted by Gasteiger charge is 2.31. The van der Waals surface area contributed by atoms with Crippen LogP contribution in [0, 0.1) is 11.3 Å². The molecular weight excluding hydrogens is 437 g/mol. The topological polar surface area (TPSA) is 74.4 Å². The Balaban J connectivity index is 1.73. The first-order valence-electron chi connectivity index (χ1n) is 7.73. The Hall–Kier alpha value is -2.59. The van der Waals surface area contributed by atoms with Gasteiger partial charge in [-0.25, -0.2) is 0 Å². The summed E-state index contributed by atoms with van der Waals surface area (Å²) in [6.45, 7) is -3.03. The molecule has 1 aliphatic rings. The summed E-state index contributed by atoms with van der Waals surface area (Å²) in [6, 6.07) is 6.04. The average Bonchev–Trinajstić information content (AvgIpc) is 2.65. The maximum atomic E-state index is 12.8. The second kappa shape index (κ2) is 8.42. The molecule has 0 radical (unpaired) electrons. The predicted molar refractivity (Wildman–Crippen MR) is 97.8 cm³/mol. The third kappa shape index (κ3) is 5.07. The van der Waals surface area contributed by atoms with Crippen LogP contribution < -0.4 is 9.75 Å². The first kappa shape index (κ1) is 21.1. The summed E-state index contributed by atoms with van der Waals surface area (Å²) in [5, 5.41) is 22.6. The Morgan fingerprint density at radius 1 is 1.28 bits per heavy atom. The van der Waals surface area contributed by atoms with E-state index in [4.69, 9.17) is 5.26 Å². The molecule has 13 heteroatoms. The number of hydrogen-bond donors (Lipinski definition) is 0. The number of aromatic nitrogens is 2. The molecule has 2 heterocycles. The molecule has 0 unspecified atom stereocenters. The molecule has 0 saturated heterocycles. The van der Waals surface area contributed by atoms with Crippen molar-refractivity contribution in [1.29, 1.82) is 5.26 Å². The van der Waals surface area contributed by atoms with Crippen molar-refractivity contribution in [3.63, 3.8) is 0 Å². The molecule has 0 N–H and O–H groups in total. The van der Waals surface area contributed by atoms with Gasteiger partial charge < -0.3 is 4.74 Å². The SMILES string of the molecule is CN1N=C(SCc2ccc(C(F)(F)F)cc2C#N)Sc2nnc(OC(F)F)cc21. The molecule has 6 nitrogen and oxygen atoms in total. The minimum Gasteiger partial charge on any atom is -0.415 e. The third-order valence-corrected chi connectivity index (χ3v) is 5.73. The molecule has 0 atom stereocenters. The van der Waals surface area contributed by atoms with Gasteiger partial charge in [0.1, 0.15) is 0 Å². The van der Waals surface area contributed by atoms with Gasteiger partial charge in [-0.3, -0.25) is 5.01 Å². The maximum absolute atomic E-state index is 12.8. The van der Waals surface area contributed by atoms with Crippen molar-refractivity contribution in [3.05, 3.63) is 41.0 Å². The van der Waals surface area contributed by atoms with Gasteiger partial charge in [0.05, 0.1) is 22.9 Å². The van der Waals surface area contributed by atoms with Crippen molar-refractivity contribution < 1.29 is 26.7 Å². The average molecular weight is 447 g/mol. The van der Waals surface area contributed by atoms with Crippen molar-refractivity contribution >= 4 is 33.6 Å². The summed E-state index contributed by atoms with van der Waals surface area (Å²) in [6.07, 6.45) is -4.53. The van der Waals surface area contributed by atoms with Crippen molar-refractivity contribution in [2.45, 2.75) is 23.6 Å². The fourth-order valence-electron chi connectivity index (χ4n) is 2.27. The molecule has 2 aromatic rings. The van der Waals surface area contributed by atoms with Crippen LogP contribution in [0.4, 0.5) is 27.6 Å². The molecule has 1 aromatic carbocycles. The van der Waals surface area contributed by atoms with E-state index in [1.807, 2.05) is 0 Å². The van der Waals surface area contributed by atoms with E-state index in [2.05, 4.69) is 20.0 Å². The molecule has 0 bridgehead atoms. The highest BCUT2D eigenvalue weighted by atomic mass is 32.2. The molecule has 0 saturated carbocycles. The number of thioether (sulfide) groups is 2. The number of rotatable bonds is 4. The number of alkyl halides is 5. The molecule has 0 fully saturated rings. The van der Waals surface area contributed by atoms with Gasteiger partial charge in [0.15, 0.2) is 9.40 Å². The second-order valence-corrected chi connectivity index (χ2v) is 7.71. The van der Waals surface area contributed by atoms with Crippen LogP contribution in [0.25, 0.3) is 0 Å². The third-order valence-electron chi connectivity index (χ3n) is 3.60. The number of halogens is 5. The lowest BCUT2D eigenvalue weighted by Gasteiger charge is -2.22. The van der Waals surface area contributed by atoms with Crippen molar-refractivity contribution in [1.82, 2.24) is 10.2 Å². The lowest BCUT2D eigenvalue weighted by atomic mass is 10.1. The molecular formula is C16H10F5N5OS2. The number of hydrogen-bond acceptors (Lipinski definition) is 8. The van der Waals surface area contributed by atoms with Crippen LogP contribution in [-0.4, -0.2) is 28.2 Å². The molecule has 0 amide bonds. The monoisotopic (exact) mass is 447 g/mol. The summed E-state index contributed by atoms with van der Waals surface area (Å²) in [4.78, 5) is 0. The Kier molecular flexibility index (Phi) is 6.13. The molecule has 0 spiro atoms. The Morgan fingerprint density at radius 3 is 2.69 bits per heavy atom. The highest BCUT2D eigenvalue weighted by molar-refractivity contribution is 8.38. The highest BCUT2D eigenvalue weighted by Crippen LogP contribution is 2.39. The Morgan fingerprint density at radius 2 is 2.03 bits per heavy atom. The van der Waals surface area contributed by atoms with Gasteiger partial charge in [-0.05, 0) is 29.5 Å². The van der Waals surface area contributed by atoms with E-state index in [0.717, 1.165) is 23.9 Å². The van der Waals surface area contributed by atoms with E-state index in [0.29, 0.717) is 20.7 Å². The summed E-state index contributed by atoms with van der Waals surface area (Å²) >= 11 is 2.32. The molecule has 0 aliphatic carbocycles. The summed E-state index contributed by atoms with van der Waals surface area (Å²) in [5.41, 5.74) is -0.125. The molecule has 1 aliphatic heterocycles. The number of anilines is 1. The van der Waals surface area contributed by atoms with Crippen LogP contribution in [0.3, 0.4) is 0 Å². The molecule has 29 heavy (non-hydrogen) atoms. The van der Waals surface area contributed by atoms with E-state index in [1.165, 1.54) is 28.9 Å². The van der Waals surface area contributed by atoms with Crippen molar-refractivity contribution in [2.24, 2.45) is 5.10 Å².